The fraction of sp³-hybridized carbons (Fsp3) is 0.519. The first-order valence-corrected chi connectivity index (χ1v) is 13.6. The number of nitrogens with one attached hydrogen (secondary N) is 1. The van der Waals surface area contributed by atoms with E-state index < -0.39 is 10.0 Å². The molecule has 1 amide bonds. The van der Waals surface area contributed by atoms with Crippen molar-refractivity contribution in [3.05, 3.63) is 52.6 Å². The summed E-state index contributed by atoms with van der Waals surface area (Å²) in [5.74, 6) is 1.53. The zero-order chi connectivity index (χ0) is 25.9. The first kappa shape index (κ1) is 27.0. The van der Waals surface area contributed by atoms with Crippen molar-refractivity contribution in [1.29, 1.82) is 0 Å². The first-order valence-electron chi connectivity index (χ1n) is 12.2. The van der Waals surface area contributed by atoms with E-state index in [-0.39, 0.29) is 28.3 Å². The van der Waals surface area contributed by atoms with Gasteiger partial charge in [-0.2, -0.15) is 4.31 Å². The molecule has 2 aromatic rings. The van der Waals surface area contributed by atoms with Crippen LogP contribution in [0.25, 0.3) is 0 Å². The summed E-state index contributed by atoms with van der Waals surface area (Å²) in [6.07, 6.45) is 1.67. The van der Waals surface area contributed by atoms with Crippen LogP contribution in [0.3, 0.4) is 0 Å². The second-order valence-electron chi connectivity index (χ2n) is 9.75. The zero-order valence-electron chi connectivity index (χ0n) is 21.8. The predicted molar refractivity (Wildman–Crippen MR) is 138 cm³/mol. The van der Waals surface area contributed by atoms with Crippen molar-refractivity contribution in [3.63, 3.8) is 0 Å². The van der Waals surface area contributed by atoms with Crippen LogP contribution >= 0.6 is 0 Å². The number of aryl methyl sites for hydroxylation is 1. The number of carbonyl (C=O) groups excluding carboxylic acids is 1. The SMILES string of the molecule is COc1ccc(S(=O)(=O)N2CCC(C)CC2)cc1C(=O)NC(C)c1cc(C(C)C)c(OC)cc1C. The lowest BCUT2D eigenvalue weighted by molar-refractivity contribution is 0.0936. The highest BCUT2D eigenvalue weighted by molar-refractivity contribution is 7.89. The number of methoxy groups -OCH3 is 2. The summed E-state index contributed by atoms with van der Waals surface area (Å²) >= 11 is 0. The standard InChI is InChI=1S/C27H38N2O5S/c1-17(2)22-16-23(19(4)14-26(22)34-7)20(5)28-27(30)24-15-21(8-9-25(24)33-6)35(31,32)29-12-10-18(3)11-13-29/h8-9,14-18,20H,10-13H2,1-7H3,(H,28,30). The molecule has 0 spiro atoms. The highest BCUT2D eigenvalue weighted by atomic mass is 32.2. The van der Waals surface area contributed by atoms with Crippen LogP contribution in [0.1, 0.15) is 79.5 Å². The van der Waals surface area contributed by atoms with Crippen LogP contribution < -0.4 is 14.8 Å². The molecule has 0 saturated carbocycles. The van der Waals surface area contributed by atoms with E-state index in [1.165, 1.54) is 23.5 Å². The molecule has 8 heteroatoms. The first-order chi connectivity index (χ1) is 16.5. The second-order valence-corrected chi connectivity index (χ2v) is 11.7. The van der Waals surface area contributed by atoms with Gasteiger partial charge in [0.2, 0.25) is 10.0 Å². The van der Waals surface area contributed by atoms with Gasteiger partial charge in [0.15, 0.2) is 0 Å². The van der Waals surface area contributed by atoms with Crippen molar-refractivity contribution < 1.29 is 22.7 Å². The Bertz CT molecular complexity index is 1170. The molecule has 1 aliphatic rings. The molecule has 0 radical (unpaired) electrons. The van der Waals surface area contributed by atoms with Gasteiger partial charge < -0.3 is 14.8 Å². The fourth-order valence-corrected chi connectivity index (χ4v) is 6.06. The van der Waals surface area contributed by atoms with Gasteiger partial charge in [0.1, 0.15) is 11.5 Å². The van der Waals surface area contributed by atoms with E-state index in [2.05, 4.69) is 32.2 Å². The summed E-state index contributed by atoms with van der Waals surface area (Å²) in [4.78, 5) is 13.4. The lowest BCUT2D eigenvalue weighted by Crippen LogP contribution is -2.38. The lowest BCUT2D eigenvalue weighted by atomic mass is 9.93. The molecule has 1 aliphatic heterocycles. The third-order valence-electron chi connectivity index (χ3n) is 6.85. The van der Waals surface area contributed by atoms with E-state index in [4.69, 9.17) is 9.47 Å². The predicted octanol–water partition coefficient (Wildman–Crippen LogP) is 5.05. The second kappa shape index (κ2) is 11.0. The van der Waals surface area contributed by atoms with Gasteiger partial charge in [0, 0.05) is 13.1 Å². The summed E-state index contributed by atoms with van der Waals surface area (Å²) < 4.78 is 39.0. The number of sulfonamides is 1. The molecule has 1 heterocycles. The molecule has 3 rings (SSSR count). The third-order valence-corrected chi connectivity index (χ3v) is 8.75. The number of hydrogen-bond acceptors (Lipinski definition) is 5. The average Bonchev–Trinajstić information content (AvgIpc) is 2.83. The average molecular weight is 503 g/mol. The Labute approximate surface area is 209 Å². The van der Waals surface area contributed by atoms with E-state index >= 15 is 0 Å². The van der Waals surface area contributed by atoms with Gasteiger partial charge in [0.05, 0.1) is 30.7 Å². The number of carbonyl (C=O) groups is 1. The number of rotatable bonds is 8. The summed E-state index contributed by atoms with van der Waals surface area (Å²) in [6, 6.07) is 8.23. The maximum absolute atomic E-state index is 13.3. The van der Waals surface area contributed by atoms with Gasteiger partial charge >= 0.3 is 0 Å². The maximum Gasteiger partial charge on any atom is 0.255 e. The van der Waals surface area contributed by atoms with Crippen molar-refractivity contribution in [2.75, 3.05) is 27.3 Å². The molecule has 0 bridgehead atoms. The topological polar surface area (TPSA) is 84.9 Å². The van der Waals surface area contributed by atoms with Crippen molar-refractivity contribution in [2.45, 2.75) is 64.3 Å². The highest BCUT2D eigenvalue weighted by Gasteiger charge is 2.29. The van der Waals surface area contributed by atoms with Crippen molar-refractivity contribution in [3.8, 4) is 11.5 Å². The zero-order valence-corrected chi connectivity index (χ0v) is 22.7. The minimum absolute atomic E-state index is 0.105. The van der Waals surface area contributed by atoms with E-state index in [1.54, 1.807) is 13.2 Å². The van der Waals surface area contributed by atoms with Gasteiger partial charge in [-0.15, -0.1) is 0 Å². The number of benzene rings is 2. The Morgan fingerprint density at radius 3 is 2.20 bits per heavy atom. The Balaban J connectivity index is 1.90. The summed E-state index contributed by atoms with van der Waals surface area (Å²) in [7, 11) is -0.566. The van der Waals surface area contributed by atoms with Gasteiger partial charge in [0.25, 0.3) is 5.91 Å². The summed E-state index contributed by atoms with van der Waals surface area (Å²) in [5, 5.41) is 3.03. The summed E-state index contributed by atoms with van der Waals surface area (Å²) in [5.41, 5.74) is 3.24. The van der Waals surface area contributed by atoms with Crippen LogP contribution in [0.5, 0.6) is 11.5 Å². The molecule has 0 aliphatic carbocycles. The minimum Gasteiger partial charge on any atom is -0.496 e. The maximum atomic E-state index is 13.3. The molecule has 1 fully saturated rings. The van der Waals surface area contributed by atoms with Gasteiger partial charge in [-0.05, 0) is 85.5 Å². The van der Waals surface area contributed by atoms with Gasteiger partial charge in [-0.25, -0.2) is 8.42 Å². The minimum atomic E-state index is -3.69. The lowest BCUT2D eigenvalue weighted by Gasteiger charge is -2.29. The molecule has 35 heavy (non-hydrogen) atoms. The monoisotopic (exact) mass is 502 g/mol. The molecule has 1 unspecified atom stereocenters. The molecule has 1 saturated heterocycles. The molecule has 2 aromatic carbocycles. The molecule has 1 atom stereocenters. The van der Waals surface area contributed by atoms with E-state index in [9.17, 15) is 13.2 Å². The fourth-order valence-electron chi connectivity index (χ4n) is 4.56. The normalized spacial score (nSPS) is 16.2. The quantitative estimate of drug-likeness (QED) is 0.546. The molecule has 0 aromatic heterocycles. The van der Waals surface area contributed by atoms with Crippen LogP contribution in [0.2, 0.25) is 0 Å². The van der Waals surface area contributed by atoms with Crippen LogP contribution in [0, 0.1) is 12.8 Å². The van der Waals surface area contributed by atoms with Crippen LogP contribution in [0.4, 0.5) is 0 Å². The van der Waals surface area contributed by atoms with E-state index in [0.717, 1.165) is 35.3 Å². The Hall–Kier alpha value is -2.58. The Morgan fingerprint density at radius 2 is 1.63 bits per heavy atom. The van der Waals surface area contributed by atoms with Gasteiger partial charge in [-0.3, -0.25) is 4.79 Å². The van der Waals surface area contributed by atoms with Gasteiger partial charge in [-0.1, -0.05) is 20.8 Å². The molecule has 1 N–H and O–H groups in total. The summed E-state index contributed by atoms with van der Waals surface area (Å²) in [6.45, 7) is 11.2. The number of nitrogens with zero attached hydrogens (tertiary/aromatic N) is 1. The Kier molecular flexibility index (Phi) is 8.49. The highest BCUT2D eigenvalue weighted by Crippen LogP contribution is 2.33. The van der Waals surface area contributed by atoms with E-state index in [0.29, 0.717) is 24.8 Å². The van der Waals surface area contributed by atoms with Crippen LogP contribution in [-0.2, 0) is 10.0 Å². The Morgan fingerprint density at radius 1 is 1.00 bits per heavy atom. The number of piperidine rings is 1. The third kappa shape index (κ3) is 5.81. The number of ether oxygens (including phenoxy) is 2. The molecule has 192 valence electrons. The van der Waals surface area contributed by atoms with Crippen molar-refractivity contribution in [1.82, 2.24) is 9.62 Å². The van der Waals surface area contributed by atoms with Crippen molar-refractivity contribution in [2.24, 2.45) is 5.92 Å². The van der Waals surface area contributed by atoms with Crippen molar-refractivity contribution >= 4 is 15.9 Å². The molecule has 7 nitrogen and oxygen atoms in total. The number of amides is 1. The van der Waals surface area contributed by atoms with Crippen LogP contribution in [-0.4, -0.2) is 45.9 Å². The molecular formula is C27H38N2O5S. The molecular weight excluding hydrogens is 464 g/mol. The largest absolute Gasteiger partial charge is 0.496 e. The van der Waals surface area contributed by atoms with E-state index in [1.807, 2.05) is 19.9 Å². The number of hydrogen-bond donors (Lipinski definition) is 1. The smallest absolute Gasteiger partial charge is 0.255 e. The van der Waals surface area contributed by atoms with Crippen LogP contribution in [0.15, 0.2) is 35.2 Å².